The van der Waals surface area contributed by atoms with Crippen molar-refractivity contribution in [2.75, 3.05) is 0 Å². The van der Waals surface area contributed by atoms with Crippen molar-refractivity contribution in [1.29, 1.82) is 0 Å². The Bertz CT molecular complexity index is 1500. The van der Waals surface area contributed by atoms with E-state index in [4.69, 9.17) is 9.97 Å². The lowest BCUT2D eigenvalue weighted by molar-refractivity contribution is 0.854. The Morgan fingerprint density at radius 2 is 1.24 bits per heavy atom. The number of aromatic nitrogens is 2. The number of hydrogen-bond donors (Lipinski definition) is 0. The maximum atomic E-state index is 5.05. The van der Waals surface area contributed by atoms with Crippen molar-refractivity contribution < 1.29 is 0 Å². The third-order valence-corrected chi connectivity index (χ3v) is 6.45. The van der Waals surface area contributed by atoms with Gasteiger partial charge in [-0.1, -0.05) is 121 Å². The summed E-state index contributed by atoms with van der Waals surface area (Å²) in [6, 6.07) is 36.1. The van der Waals surface area contributed by atoms with Crippen molar-refractivity contribution in [2.24, 2.45) is 0 Å². The maximum Gasteiger partial charge on any atom is 0.160 e. The molecule has 1 atom stereocenters. The number of benzene rings is 4. The van der Waals surface area contributed by atoms with Gasteiger partial charge in [-0.25, -0.2) is 9.97 Å². The van der Waals surface area contributed by atoms with Crippen molar-refractivity contribution in [2.45, 2.75) is 12.3 Å². The monoisotopic (exact) mass is 436 g/mol. The second-order valence-electron chi connectivity index (χ2n) is 8.63. The van der Waals surface area contributed by atoms with Crippen molar-refractivity contribution in [3.63, 3.8) is 0 Å². The van der Waals surface area contributed by atoms with E-state index in [0.717, 1.165) is 40.0 Å². The summed E-state index contributed by atoms with van der Waals surface area (Å²) < 4.78 is 0. The molecule has 0 amide bonds. The van der Waals surface area contributed by atoms with E-state index in [2.05, 4.69) is 109 Å². The lowest BCUT2D eigenvalue weighted by Crippen LogP contribution is -1.98. The molecule has 6 rings (SSSR count). The molecule has 1 aliphatic rings. The predicted molar refractivity (Wildman–Crippen MR) is 141 cm³/mol. The van der Waals surface area contributed by atoms with Gasteiger partial charge in [0.2, 0.25) is 0 Å². The summed E-state index contributed by atoms with van der Waals surface area (Å²) in [5.41, 5.74) is 7.78. The van der Waals surface area contributed by atoms with Gasteiger partial charge < -0.3 is 0 Å². The van der Waals surface area contributed by atoms with Crippen LogP contribution in [0.3, 0.4) is 0 Å². The van der Waals surface area contributed by atoms with E-state index in [1.165, 1.54) is 16.7 Å². The SMILES string of the molecule is C1=CCC(c2ccc(-c3nc(-c4ccc(-c5ccccc5)cc4)c4ccccc4n3)cc2)C=C1. The smallest absolute Gasteiger partial charge is 0.160 e. The molecule has 0 spiro atoms. The van der Waals surface area contributed by atoms with Crippen molar-refractivity contribution >= 4 is 10.9 Å². The van der Waals surface area contributed by atoms with E-state index in [0.29, 0.717) is 5.92 Å². The van der Waals surface area contributed by atoms with E-state index in [1.54, 1.807) is 0 Å². The fourth-order valence-electron chi connectivity index (χ4n) is 4.58. The third-order valence-electron chi connectivity index (χ3n) is 6.45. The molecule has 1 heterocycles. The fourth-order valence-corrected chi connectivity index (χ4v) is 4.58. The molecule has 34 heavy (non-hydrogen) atoms. The van der Waals surface area contributed by atoms with E-state index in [1.807, 2.05) is 18.2 Å². The Balaban J connectivity index is 1.40. The van der Waals surface area contributed by atoms with Crippen molar-refractivity contribution in [1.82, 2.24) is 9.97 Å². The topological polar surface area (TPSA) is 25.8 Å². The van der Waals surface area contributed by atoms with Crippen LogP contribution < -0.4 is 0 Å². The Labute approximate surface area is 200 Å². The minimum absolute atomic E-state index is 0.440. The van der Waals surface area contributed by atoms with Gasteiger partial charge in [0.15, 0.2) is 5.82 Å². The lowest BCUT2D eigenvalue weighted by atomic mass is 9.92. The molecule has 2 heteroatoms. The highest BCUT2D eigenvalue weighted by Gasteiger charge is 2.13. The maximum absolute atomic E-state index is 5.05. The van der Waals surface area contributed by atoms with Crippen molar-refractivity contribution in [3.05, 3.63) is 133 Å². The van der Waals surface area contributed by atoms with Gasteiger partial charge in [0.05, 0.1) is 11.2 Å². The Morgan fingerprint density at radius 3 is 2.00 bits per heavy atom. The molecule has 0 N–H and O–H groups in total. The van der Waals surface area contributed by atoms with Crippen LogP contribution in [0.1, 0.15) is 17.9 Å². The molecule has 1 aromatic heterocycles. The Kier molecular flexibility index (Phi) is 5.33. The first-order chi connectivity index (χ1) is 16.8. The minimum Gasteiger partial charge on any atom is -0.228 e. The first-order valence-corrected chi connectivity index (χ1v) is 11.7. The van der Waals surface area contributed by atoms with Gasteiger partial charge in [0.1, 0.15) is 0 Å². The highest BCUT2D eigenvalue weighted by molar-refractivity contribution is 5.93. The van der Waals surface area contributed by atoms with Crippen LogP contribution in [0, 0.1) is 0 Å². The number of allylic oxidation sites excluding steroid dienone is 4. The predicted octanol–water partition coefficient (Wildman–Crippen LogP) is 8.23. The number of rotatable bonds is 4. The van der Waals surface area contributed by atoms with Crippen LogP contribution in [-0.4, -0.2) is 9.97 Å². The van der Waals surface area contributed by atoms with Crippen LogP contribution in [0.15, 0.2) is 127 Å². The van der Waals surface area contributed by atoms with Crippen LogP contribution in [0.4, 0.5) is 0 Å². The van der Waals surface area contributed by atoms with Gasteiger partial charge in [-0.3, -0.25) is 0 Å². The number of fused-ring (bicyclic) bond motifs is 1. The largest absolute Gasteiger partial charge is 0.228 e. The highest BCUT2D eigenvalue weighted by atomic mass is 14.9. The molecular formula is C32H24N2. The minimum atomic E-state index is 0.440. The van der Waals surface area contributed by atoms with Gasteiger partial charge in [-0.05, 0) is 29.2 Å². The summed E-state index contributed by atoms with van der Waals surface area (Å²) in [5.74, 6) is 1.20. The molecule has 162 valence electrons. The standard InChI is InChI=1S/C32H24N2/c1-3-9-23(10-4-1)25-15-19-27(20-16-25)31-29-13-7-8-14-30(29)33-32(34-31)28-21-17-26(18-22-28)24-11-5-2-6-12-24/h1-11,13-22,24H,12H2. The number of hydrogen-bond acceptors (Lipinski definition) is 2. The highest BCUT2D eigenvalue weighted by Crippen LogP contribution is 2.32. The molecular weight excluding hydrogens is 412 g/mol. The molecule has 0 saturated heterocycles. The summed E-state index contributed by atoms with van der Waals surface area (Å²) >= 11 is 0. The molecule has 0 saturated carbocycles. The summed E-state index contributed by atoms with van der Waals surface area (Å²) in [5, 5.41) is 1.06. The van der Waals surface area contributed by atoms with E-state index >= 15 is 0 Å². The second-order valence-corrected chi connectivity index (χ2v) is 8.63. The third kappa shape index (κ3) is 3.95. The van der Waals surface area contributed by atoms with Crippen LogP contribution in [0.5, 0.6) is 0 Å². The van der Waals surface area contributed by atoms with Gasteiger partial charge in [-0.2, -0.15) is 0 Å². The molecule has 0 fully saturated rings. The molecule has 0 bridgehead atoms. The summed E-state index contributed by atoms with van der Waals surface area (Å²) in [7, 11) is 0. The summed E-state index contributed by atoms with van der Waals surface area (Å²) in [6.45, 7) is 0. The lowest BCUT2D eigenvalue weighted by Gasteiger charge is -2.14. The van der Waals surface area contributed by atoms with E-state index in [9.17, 15) is 0 Å². The van der Waals surface area contributed by atoms with Gasteiger partial charge in [-0.15, -0.1) is 0 Å². The van der Waals surface area contributed by atoms with Gasteiger partial charge >= 0.3 is 0 Å². The Morgan fingerprint density at radius 1 is 0.559 bits per heavy atom. The molecule has 1 aliphatic carbocycles. The number of nitrogens with zero attached hydrogens (tertiary/aromatic N) is 2. The molecule has 1 unspecified atom stereocenters. The van der Waals surface area contributed by atoms with E-state index in [-0.39, 0.29) is 0 Å². The van der Waals surface area contributed by atoms with Gasteiger partial charge in [0.25, 0.3) is 0 Å². The van der Waals surface area contributed by atoms with Gasteiger partial charge in [0, 0.05) is 22.4 Å². The average Bonchev–Trinajstić information content (AvgIpc) is 2.94. The molecule has 0 aliphatic heterocycles. The molecule has 4 aromatic carbocycles. The fraction of sp³-hybridized carbons (Fsp3) is 0.0625. The average molecular weight is 437 g/mol. The van der Waals surface area contributed by atoms with Crippen molar-refractivity contribution in [3.8, 4) is 33.8 Å². The molecule has 2 nitrogen and oxygen atoms in total. The first kappa shape index (κ1) is 20.3. The van der Waals surface area contributed by atoms with Crippen LogP contribution in [0.2, 0.25) is 0 Å². The van der Waals surface area contributed by atoms with Crippen LogP contribution in [-0.2, 0) is 0 Å². The van der Waals surface area contributed by atoms with E-state index < -0.39 is 0 Å². The first-order valence-electron chi connectivity index (χ1n) is 11.7. The zero-order chi connectivity index (χ0) is 22.7. The number of para-hydroxylation sites is 1. The normalized spacial score (nSPS) is 15.0. The quantitative estimate of drug-likeness (QED) is 0.283. The van der Waals surface area contributed by atoms with Crippen LogP contribution >= 0.6 is 0 Å². The zero-order valence-electron chi connectivity index (χ0n) is 18.8. The Hall–Kier alpha value is -4.30. The molecule has 0 radical (unpaired) electrons. The van der Waals surface area contributed by atoms with Crippen LogP contribution in [0.25, 0.3) is 44.7 Å². The second kappa shape index (κ2) is 8.92. The summed E-state index contributed by atoms with van der Waals surface area (Å²) in [6.07, 6.45) is 9.77. The summed E-state index contributed by atoms with van der Waals surface area (Å²) in [4.78, 5) is 9.95. The molecule has 5 aromatic rings. The zero-order valence-corrected chi connectivity index (χ0v) is 18.8.